The summed E-state index contributed by atoms with van der Waals surface area (Å²) in [5.74, 6) is 0.818. The standard InChI is InChI=1S/C15H28N4/c1-5-15-14(11-19(4)17-15)10-16-12(2)13-6-8-18(3)9-7-13/h11-13,16H,5-10H2,1-4H3. The van der Waals surface area contributed by atoms with Crippen LogP contribution in [0, 0.1) is 5.92 Å². The van der Waals surface area contributed by atoms with Gasteiger partial charge in [-0.25, -0.2) is 0 Å². The zero-order valence-corrected chi connectivity index (χ0v) is 12.8. The van der Waals surface area contributed by atoms with Crippen LogP contribution in [0.4, 0.5) is 0 Å². The Balaban J connectivity index is 1.84. The average molecular weight is 264 g/mol. The minimum Gasteiger partial charge on any atom is -0.310 e. The van der Waals surface area contributed by atoms with Gasteiger partial charge in [0.05, 0.1) is 5.69 Å². The van der Waals surface area contributed by atoms with Gasteiger partial charge in [0.2, 0.25) is 0 Å². The molecule has 1 aromatic heterocycles. The Morgan fingerprint density at radius 1 is 1.37 bits per heavy atom. The van der Waals surface area contributed by atoms with E-state index in [-0.39, 0.29) is 0 Å². The predicted molar refractivity (Wildman–Crippen MR) is 79.1 cm³/mol. The van der Waals surface area contributed by atoms with Crippen molar-refractivity contribution < 1.29 is 0 Å². The van der Waals surface area contributed by atoms with Crippen molar-refractivity contribution >= 4 is 0 Å². The molecule has 1 aromatic rings. The van der Waals surface area contributed by atoms with Crippen molar-refractivity contribution in [3.05, 3.63) is 17.5 Å². The van der Waals surface area contributed by atoms with Gasteiger partial charge in [-0.1, -0.05) is 6.92 Å². The highest BCUT2D eigenvalue weighted by molar-refractivity contribution is 5.16. The molecule has 0 radical (unpaired) electrons. The Labute approximate surface area is 117 Å². The normalized spacial score (nSPS) is 19.8. The number of hydrogen-bond donors (Lipinski definition) is 1. The van der Waals surface area contributed by atoms with Crippen LogP contribution in [0.15, 0.2) is 6.20 Å². The summed E-state index contributed by atoms with van der Waals surface area (Å²) in [5, 5.41) is 8.20. The van der Waals surface area contributed by atoms with Crippen molar-refractivity contribution in [1.82, 2.24) is 20.0 Å². The molecule has 0 amide bonds. The molecule has 2 heterocycles. The third-order valence-electron chi connectivity index (χ3n) is 4.41. The van der Waals surface area contributed by atoms with Crippen LogP contribution in [0.5, 0.6) is 0 Å². The Morgan fingerprint density at radius 2 is 2.05 bits per heavy atom. The molecule has 1 atom stereocenters. The van der Waals surface area contributed by atoms with Crippen LogP contribution in [0.2, 0.25) is 0 Å². The Morgan fingerprint density at radius 3 is 2.68 bits per heavy atom. The van der Waals surface area contributed by atoms with E-state index in [4.69, 9.17) is 0 Å². The van der Waals surface area contributed by atoms with E-state index in [1.54, 1.807) is 0 Å². The molecule has 4 nitrogen and oxygen atoms in total. The van der Waals surface area contributed by atoms with Gasteiger partial charge >= 0.3 is 0 Å². The monoisotopic (exact) mass is 264 g/mol. The molecule has 1 unspecified atom stereocenters. The van der Waals surface area contributed by atoms with Crippen molar-refractivity contribution in [2.24, 2.45) is 13.0 Å². The topological polar surface area (TPSA) is 33.1 Å². The summed E-state index contributed by atoms with van der Waals surface area (Å²) in [5.41, 5.74) is 2.58. The Hall–Kier alpha value is -0.870. The van der Waals surface area contributed by atoms with E-state index in [2.05, 4.69) is 42.4 Å². The summed E-state index contributed by atoms with van der Waals surface area (Å²) in [6.45, 7) is 7.93. The number of aryl methyl sites for hydroxylation is 2. The molecule has 108 valence electrons. The van der Waals surface area contributed by atoms with E-state index < -0.39 is 0 Å². The molecule has 1 N–H and O–H groups in total. The number of piperidine rings is 1. The van der Waals surface area contributed by atoms with Crippen LogP contribution in [0.3, 0.4) is 0 Å². The van der Waals surface area contributed by atoms with Crippen LogP contribution >= 0.6 is 0 Å². The molecule has 19 heavy (non-hydrogen) atoms. The lowest BCUT2D eigenvalue weighted by molar-refractivity contribution is 0.189. The summed E-state index contributed by atoms with van der Waals surface area (Å²) in [7, 11) is 4.22. The number of nitrogens with zero attached hydrogens (tertiary/aromatic N) is 3. The summed E-state index contributed by atoms with van der Waals surface area (Å²) in [4.78, 5) is 2.43. The summed E-state index contributed by atoms with van der Waals surface area (Å²) < 4.78 is 1.93. The highest BCUT2D eigenvalue weighted by Gasteiger charge is 2.22. The van der Waals surface area contributed by atoms with Crippen LogP contribution in [0.1, 0.15) is 37.9 Å². The van der Waals surface area contributed by atoms with Crippen LogP contribution in [0.25, 0.3) is 0 Å². The van der Waals surface area contributed by atoms with Crippen molar-refractivity contribution in [2.75, 3.05) is 20.1 Å². The van der Waals surface area contributed by atoms with Crippen LogP contribution < -0.4 is 5.32 Å². The maximum absolute atomic E-state index is 4.50. The van der Waals surface area contributed by atoms with Crippen molar-refractivity contribution in [3.63, 3.8) is 0 Å². The van der Waals surface area contributed by atoms with Crippen LogP contribution in [-0.2, 0) is 20.0 Å². The molecular formula is C15H28N4. The second kappa shape index (κ2) is 6.53. The average Bonchev–Trinajstić information content (AvgIpc) is 2.77. The number of aromatic nitrogens is 2. The minimum absolute atomic E-state index is 0.596. The molecule has 1 aliphatic rings. The predicted octanol–water partition coefficient (Wildman–Crippen LogP) is 1.80. The van der Waals surface area contributed by atoms with E-state index in [0.717, 1.165) is 18.9 Å². The first-order chi connectivity index (χ1) is 9.10. The van der Waals surface area contributed by atoms with Gasteiger partial charge in [0.25, 0.3) is 0 Å². The van der Waals surface area contributed by atoms with E-state index >= 15 is 0 Å². The van der Waals surface area contributed by atoms with E-state index in [1.165, 1.54) is 37.2 Å². The largest absolute Gasteiger partial charge is 0.310 e. The Kier molecular flexibility index (Phi) is 4.99. The zero-order valence-electron chi connectivity index (χ0n) is 12.8. The van der Waals surface area contributed by atoms with Gasteiger partial charge < -0.3 is 10.2 Å². The SMILES string of the molecule is CCc1nn(C)cc1CNC(C)C1CCN(C)CC1. The maximum Gasteiger partial charge on any atom is 0.0666 e. The highest BCUT2D eigenvalue weighted by Crippen LogP contribution is 2.20. The molecule has 2 rings (SSSR count). The molecule has 0 saturated carbocycles. The lowest BCUT2D eigenvalue weighted by Crippen LogP contribution is -2.40. The van der Waals surface area contributed by atoms with Gasteiger partial charge in [-0.05, 0) is 52.2 Å². The van der Waals surface area contributed by atoms with Crippen molar-refractivity contribution in [1.29, 1.82) is 0 Å². The number of nitrogens with one attached hydrogen (secondary N) is 1. The smallest absolute Gasteiger partial charge is 0.0666 e. The molecule has 1 saturated heterocycles. The number of likely N-dealkylation sites (tertiary alicyclic amines) is 1. The van der Waals surface area contributed by atoms with Gasteiger partial charge in [0.1, 0.15) is 0 Å². The molecule has 0 spiro atoms. The third-order valence-corrected chi connectivity index (χ3v) is 4.41. The zero-order chi connectivity index (χ0) is 13.8. The van der Waals surface area contributed by atoms with Gasteiger partial charge in [-0.2, -0.15) is 5.10 Å². The van der Waals surface area contributed by atoms with Crippen molar-refractivity contribution in [3.8, 4) is 0 Å². The second-order valence-electron chi connectivity index (χ2n) is 5.94. The van der Waals surface area contributed by atoms with E-state index in [1.807, 2.05) is 11.7 Å². The second-order valence-corrected chi connectivity index (χ2v) is 5.94. The van der Waals surface area contributed by atoms with Crippen LogP contribution in [-0.4, -0.2) is 40.9 Å². The van der Waals surface area contributed by atoms with Gasteiger partial charge in [0.15, 0.2) is 0 Å². The lowest BCUT2D eigenvalue weighted by atomic mass is 9.90. The fourth-order valence-electron chi connectivity index (χ4n) is 3.00. The molecule has 1 aliphatic heterocycles. The summed E-state index contributed by atoms with van der Waals surface area (Å²) >= 11 is 0. The molecular weight excluding hydrogens is 236 g/mol. The minimum atomic E-state index is 0.596. The molecule has 0 aromatic carbocycles. The highest BCUT2D eigenvalue weighted by atomic mass is 15.3. The molecule has 0 aliphatic carbocycles. The first kappa shape index (κ1) is 14.5. The first-order valence-corrected chi connectivity index (χ1v) is 7.53. The summed E-state index contributed by atoms with van der Waals surface area (Å²) in [6, 6.07) is 0.596. The number of rotatable bonds is 5. The molecule has 4 heteroatoms. The quantitative estimate of drug-likeness (QED) is 0.880. The Bertz CT molecular complexity index is 391. The first-order valence-electron chi connectivity index (χ1n) is 7.53. The van der Waals surface area contributed by atoms with Gasteiger partial charge in [0, 0.05) is 31.4 Å². The number of hydrogen-bond acceptors (Lipinski definition) is 3. The molecule has 1 fully saturated rings. The lowest BCUT2D eigenvalue weighted by Gasteiger charge is -2.33. The van der Waals surface area contributed by atoms with Crippen molar-refractivity contribution in [2.45, 2.75) is 45.7 Å². The third kappa shape index (κ3) is 3.80. The van der Waals surface area contributed by atoms with E-state index in [0.29, 0.717) is 6.04 Å². The van der Waals surface area contributed by atoms with Gasteiger partial charge in [-0.15, -0.1) is 0 Å². The summed E-state index contributed by atoms with van der Waals surface area (Å²) in [6.07, 6.45) is 5.80. The fourth-order valence-corrected chi connectivity index (χ4v) is 3.00. The van der Waals surface area contributed by atoms with Gasteiger partial charge in [-0.3, -0.25) is 4.68 Å². The maximum atomic E-state index is 4.50. The fraction of sp³-hybridized carbons (Fsp3) is 0.800. The van der Waals surface area contributed by atoms with E-state index in [9.17, 15) is 0 Å². The molecule has 0 bridgehead atoms.